The van der Waals surface area contributed by atoms with Crippen molar-refractivity contribution in [3.05, 3.63) is 67.6 Å². The molecule has 0 aliphatic rings. The van der Waals surface area contributed by atoms with Crippen LogP contribution in [0.25, 0.3) is 0 Å². The smallest absolute Gasteiger partial charge is 0.0550 e. The van der Waals surface area contributed by atoms with E-state index in [1.807, 2.05) is 24.3 Å². The summed E-state index contributed by atoms with van der Waals surface area (Å²) >= 11 is 23.8. The van der Waals surface area contributed by atoms with E-state index in [9.17, 15) is 0 Å². The molecule has 4 heteroatoms. The van der Waals surface area contributed by atoms with Crippen molar-refractivity contribution in [3.8, 4) is 0 Å². The second-order valence-electron chi connectivity index (χ2n) is 3.56. The minimum Gasteiger partial charge on any atom is -0.0843 e. The van der Waals surface area contributed by atoms with E-state index in [2.05, 4.69) is 6.07 Å². The summed E-state index contributed by atoms with van der Waals surface area (Å²) in [6.45, 7) is 0. The van der Waals surface area contributed by atoms with Crippen molar-refractivity contribution in [2.24, 2.45) is 0 Å². The average molecular weight is 305 g/mol. The van der Waals surface area contributed by atoms with E-state index in [1.165, 1.54) is 0 Å². The molecule has 2 aromatic rings. The highest BCUT2D eigenvalue weighted by Gasteiger charge is 2.09. The zero-order chi connectivity index (χ0) is 12.4. The van der Waals surface area contributed by atoms with Gasteiger partial charge in [-0.3, -0.25) is 0 Å². The van der Waals surface area contributed by atoms with Crippen LogP contribution in [0.2, 0.25) is 20.1 Å². The lowest BCUT2D eigenvalue weighted by atomic mass is 10.1. The minimum atomic E-state index is 0.417. The number of hydrogen-bond donors (Lipinski definition) is 0. The Hall–Kier alpha value is -0.400. The SMILES string of the molecule is Clc1[c]c(Cl)c(Cc2ccc(Cl)cc2)c(Cl)c1. The van der Waals surface area contributed by atoms with Gasteiger partial charge in [-0.2, -0.15) is 0 Å². The fourth-order valence-electron chi connectivity index (χ4n) is 1.49. The Morgan fingerprint density at radius 1 is 0.941 bits per heavy atom. The van der Waals surface area contributed by atoms with Crippen molar-refractivity contribution < 1.29 is 0 Å². The lowest BCUT2D eigenvalue weighted by molar-refractivity contribution is 1.19. The molecule has 17 heavy (non-hydrogen) atoms. The largest absolute Gasteiger partial charge is 0.0843 e. The maximum absolute atomic E-state index is 6.10. The van der Waals surface area contributed by atoms with Crippen molar-refractivity contribution in [1.29, 1.82) is 0 Å². The normalized spacial score (nSPS) is 10.6. The summed E-state index contributed by atoms with van der Waals surface area (Å²) in [7, 11) is 0. The van der Waals surface area contributed by atoms with Crippen molar-refractivity contribution >= 4 is 46.4 Å². The first-order chi connectivity index (χ1) is 8.06. The number of benzene rings is 2. The summed E-state index contributed by atoms with van der Waals surface area (Å²) in [6, 6.07) is 12.0. The monoisotopic (exact) mass is 303 g/mol. The van der Waals surface area contributed by atoms with Gasteiger partial charge < -0.3 is 0 Å². The molecule has 0 nitrogen and oxygen atoms in total. The molecule has 0 aliphatic carbocycles. The highest BCUT2D eigenvalue weighted by molar-refractivity contribution is 6.39. The fraction of sp³-hybridized carbons (Fsp3) is 0.0769. The molecule has 0 bridgehead atoms. The molecule has 87 valence electrons. The van der Waals surface area contributed by atoms with Gasteiger partial charge in [0.2, 0.25) is 0 Å². The van der Waals surface area contributed by atoms with Crippen LogP contribution in [-0.4, -0.2) is 0 Å². The molecule has 0 saturated carbocycles. The van der Waals surface area contributed by atoms with Crippen molar-refractivity contribution in [2.75, 3.05) is 0 Å². The Kier molecular flexibility index (Phi) is 4.22. The third-order valence-electron chi connectivity index (χ3n) is 2.33. The summed E-state index contributed by atoms with van der Waals surface area (Å²) in [4.78, 5) is 0. The highest BCUT2D eigenvalue weighted by Crippen LogP contribution is 2.30. The maximum Gasteiger partial charge on any atom is 0.0550 e. The molecular weight excluding hydrogens is 298 g/mol. The predicted octanol–water partition coefficient (Wildman–Crippen LogP) is 5.69. The molecule has 0 saturated heterocycles. The summed E-state index contributed by atoms with van der Waals surface area (Å²) in [5.74, 6) is 0. The molecule has 0 aromatic heterocycles. The Morgan fingerprint density at radius 3 is 2.18 bits per heavy atom. The predicted molar refractivity (Wildman–Crippen MR) is 74.6 cm³/mol. The van der Waals surface area contributed by atoms with Crippen LogP contribution in [0.15, 0.2) is 30.3 Å². The van der Waals surface area contributed by atoms with E-state index < -0.39 is 0 Å². The van der Waals surface area contributed by atoms with E-state index in [-0.39, 0.29) is 0 Å². The lowest BCUT2D eigenvalue weighted by Crippen LogP contribution is -1.91. The molecule has 0 amide bonds. The Bertz CT molecular complexity index is 509. The average Bonchev–Trinajstić information content (AvgIpc) is 2.26. The van der Waals surface area contributed by atoms with Gasteiger partial charge in [0.1, 0.15) is 0 Å². The molecule has 0 aliphatic heterocycles. The highest BCUT2D eigenvalue weighted by atomic mass is 35.5. The zero-order valence-corrected chi connectivity index (χ0v) is 11.6. The van der Waals surface area contributed by atoms with Crippen molar-refractivity contribution in [2.45, 2.75) is 6.42 Å². The first-order valence-electron chi connectivity index (χ1n) is 4.86. The van der Waals surface area contributed by atoms with Crippen LogP contribution in [0.3, 0.4) is 0 Å². The van der Waals surface area contributed by atoms with E-state index in [1.54, 1.807) is 6.07 Å². The van der Waals surface area contributed by atoms with Crippen LogP contribution in [-0.2, 0) is 6.42 Å². The lowest BCUT2D eigenvalue weighted by Gasteiger charge is -2.07. The van der Waals surface area contributed by atoms with Gasteiger partial charge in [-0.1, -0.05) is 58.5 Å². The molecule has 0 heterocycles. The quantitative estimate of drug-likeness (QED) is 0.668. The number of halogens is 4. The fourth-order valence-corrected chi connectivity index (χ4v) is 2.51. The second kappa shape index (κ2) is 5.49. The third-order valence-corrected chi connectivity index (χ3v) is 3.45. The molecule has 0 N–H and O–H groups in total. The van der Waals surface area contributed by atoms with E-state index >= 15 is 0 Å². The standard InChI is InChI=1S/C13H7Cl4/c14-9-3-1-8(2-4-9)5-11-12(16)6-10(15)7-13(11)17/h1-4,6H,5H2. The summed E-state index contributed by atoms with van der Waals surface area (Å²) in [5, 5.41) is 2.12. The van der Waals surface area contributed by atoms with Gasteiger partial charge in [0, 0.05) is 22.5 Å². The zero-order valence-electron chi connectivity index (χ0n) is 8.61. The number of hydrogen-bond acceptors (Lipinski definition) is 0. The van der Waals surface area contributed by atoms with Crippen molar-refractivity contribution in [3.63, 3.8) is 0 Å². The van der Waals surface area contributed by atoms with Gasteiger partial charge in [0.15, 0.2) is 0 Å². The molecular formula is C13H7Cl4. The summed E-state index contributed by atoms with van der Waals surface area (Å²) < 4.78 is 0. The van der Waals surface area contributed by atoms with Crippen LogP contribution < -0.4 is 0 Å². The minimum absolute atomic E-state index is 0.417. The molecule has 1 radical (unpaired) electrons. The molecule has 0 atom stereocenters. The van der Waals surface area contributed by atoms with Gasteiger partial charge in [-0.15, -0.1) is 0 Å². The van der Waals surface area contributed by atoms with E-state index in [0.29, 0.717) is 26.5 Å². The van der Waals surface area contributed by atoms with Crippen LogP contribution >= 0.6 is 46.4 Å². The van der Waals surface area contributed by atoms with Gasteiger partial charge in [0.25, 0.3) is 0 Å². The summed E-state index contributed by atoms with van der Waals surface area (Å²) in [5.41, 5.74) is 1.90. The molecule has 0 spiro atoms. The molecule has 2 rings (SSSR count). The number of rotatable bonds is 2. The first kappa shape index (κ1) is 13.0. The third kappa shape index (κ3) is 3.29. The topological polar surface area (TPSA) is 0 Å². The van der Waals surface area contributed by atoms with Crippen LogP contribution in [0.4, 0.5) is 0 Å². The summed E-state index contributed by atoms with van der Waals surface area (Å²) in [6.07, 6.45) is 0.627. The van der Waals surface area contributed by atoms with Gasteiger partial charge in [-0.25, -0.2) is 0 Å². The molecule has 2 aromatic carbocycles. The van der Waals surface area contributed by atoms with Crippen molar-refractivity contribution in [1.82, 2.24) is 0 Å². The van der Waals surface area contributed by atoms with E-state index in [0.717, 1.165) is 11.1 Å². The Balaban J connectivity index is 2.33. The first-order valence-corrected chi connectivity index (χ1v) is 6.37. The maximum atomic E-state index is 6.10. The van der Waals surface area contributed by atoms with Crippen LogP contribution in [0.1, 0.15) is 11.1 Å². The van der Waals surface area contributed by atoms with E-state index in [4.69, 9.17) is 46.4 Å². The Labute approximate surface area is 120 Å². The second-order valence-corrected chi connectivity index (χ2v) is 5.19. The van der Waals surface area contributed by atoms with Crippen LogP contribution in [0, 0.1) is 6.07 Å². The van der Waals surface area contributed by atoms with Gasteiger partial charge in [0.05, 0.1) is 10.0 Å². The van der Waals surface area contributed by atoms with Gasteiger partial charge >= 0.3 is 0 Å². The Morgan fingerprint density at radius 2 is 1.59 bits per heavy atom. The van der Waals surface area contributed by atoms with Gasteiger partial charge in [-0.05, 0) is 29.3 Å². The molecule has 0 fully saturated rings. The molecule has 0 unspecified atom stereocenters. The van der Waals surface area contributed by atoms with Crippen LogP contribution in [0.5, 0.6) is 0 Å².